The number of carbonyl (C=O) groups is 1. The third kappa shape index (κ3) is 0.690. The minimum atomic E-state index is -0.222. The second-order valence-electron chi connectivity index (χ2n) is 2.15. The molecule has 1 saturated heterocycles. The van der Waals surface area contributed by atoms with Gasteiger partial charge in [0.15, 0.2) is 0 Å². The van der Waals surface area contributed by atoms with E-state index in [1.54, 1.807) is 11.9 Å². The molecular formula is C5H10N2O. The highest BCUT2D eigenvalue weighted by Gasteiger charge is 2.24. The second kappa shape index (κ2) is 1.74. The first kappa shape index (κ1) is 5.56. The fourth-order valence-corrected chi connectivity index (χ4v) is 0.849. The van der Waals surface area contributed by atoms with Gasteiger partial charge in [-0.3, -0.25) is 4.79 Å². The minimum Gasteiger partial charge on any atom is -0.344 e. The standard InChI is InChI=1S/C5H10N2O/c1-7-3-2-4(6)5(7)8/h4H,2-3,6H2,1H3/t4-/m0/s1. The van der Waals surface area contributed by atoms with Crippen LogP contribution in [0.4, 0.5) is 0 Å². The molecule has 0 aromatic heterocycles. The number of likely N-dealkylation sites (N-methyl/N-ethyl adjacent to an activating group) is 1. The van der Waals surface area contributed by atoms with Crippen molar-refractivity contribution in [3.8, 4) is 0 Å². The lowest BCUT2D eigenvalue weighted by Gasteiger charge is -2.05. The Bertz CT molecular complexity index is 101. The zero-order valence-electron chi connectivity index (χ0n) is 4.92. The maximum atomic E-state index is 10.7. The number of likely N-dealkylation sites (tertiary alicyclic amines) is 1. The number of carbonyl (C=O) groups excluding carboxylic acids is 1. The van der Waals surface area contributed by atoms with E-state index in [0.717, 1.165) is 13.0 Å². The third-order valence-electron chi connectivity index (χ3n) is 1.47. The second-order valence-corrected chi connectivity index (χ2v) is 2.15. The van der Waals surface area contributed by atoms with Gasteiger partial charge in [-0.05, 0) is 6.42 Å². The Labute approximate surface area is 48.5 Å². The first-order chi connectivity index (χ1) is 3.72. The highest BCUT2D eigenvalue weighted by atomic mass is 16.2. The van der Waals surface area contributed by atoms with Crippen molar-refractivity contribution < 1.29 is 4.79 Å². The van der Waals surface area contributed by atoms with E-state index < -0.39 is 0 Å². The Kier molecular flexibility index (Phi) is 1.21. The number of hydrogen-bond acceptors (Lipinski definition) is 2. The maximum absolute atomic E-state index is 10.7. The molecular weight excluding hydrogens is 104 g/mol. The molecule has 1 rings (SSSR count). The van der Waals surface area contributed by atoms with Crippen molar-refractivity contribution in [1.82, 2.24) is 4.90 Å². The van der Waals surface area contributed by atoms with E-state index in [4.69, 9.17) is 5.73 Å². The summed E-state index contributed by atoms with van der Waals surface area (Å²) in [6, 6.07) is -0.222. The predicted octanol–water partition coefficient (Wildman–Crippen LogP) is -0.824. The largest absolute Gasteiger partial charge is 0.344 e. The van der Waals surface area contributed by atoms with E-state index in [1.165, 1.54) is 0 Å². The molecule has 0 aromatic carbocycles. The fourth-order valence-electron chi connectivity index (χ4n) is 0.849. The number of amides is 1. The van der Waals surface area contributed by atoms with Crippen molar-refractivity contribution in [2.24, 2.45) is 5.73 Å². The van der Waals surface area contributed by atoms with E-state index in [2.05, 4.69) is 0 Å². The minimum absolute atomic E-state index is 0.0741. The van der Waals surface area contributed by atoms with Gasteiger partial charge in [-0.15, -0.1) is 0 Å². The van der Waals surface area contributed by atoms with Gasteiger partial charge in [-0.2, -0.15) is 0 Å². The molecule has 0 radical (unpaired) electrons. The van der Waals surface area contributed by atoms with Crippen LogP contribution in [0, 0.1) is 0 Å². The molecule has 1 atom stereocenters. The van der Waals surface area contributed by atoms with Crippen LogP contribution in [-0.4, -0.2) is 30.4 Å². The molecule has 8 heavy (non-hydrogen) atoms. The van der Waals surface area contributed by atoms with Gasteiger partial charge in [-0.1, -0.05) is 0 Å². The summed E-state index contributed by atoms with van der Waals surface area (Å²) in [7, 11) is 1.77. The summed E-state index contributed by atoms with van der Waals surface area (Å²) in [5.41, 5.74) is 5.38. The maximum Gasteiger partial charge on any atom is 0.239 e. The van der Waals surface area contributed by atoms with Crippen LogP contribution in [0.5, 0.6) is 0 Å². The van der Waals surface area contributed by atoms with Crippen LogP contribution in [0.2, 0.25) is 0 Å². The van der Waals surface area contributed by atoms with Crippen molar-refractivity contribution in [3.05, 3.63) is 0 Å². The van der Waals surface area contributed by atoms with Crippen molar-refractivity contribution in [2.45, 2.75) is 12.5 Å². The van der Waals surface area contributed by atoms with Crippen molar-refractivity contribution in [1.29, 1.82) is 0 Å². The van der Waals surface area contributed by atoms with Gasteiger partial charge >= 0.3 is 0 Å². The SMILES string of the molecule is CN1CC[C@H](N)C1=O. The lowest BCUT2D eigenvalue weighted by Crippen LogP contribution is -2.31. The fraction of sp³-hybridized carbons (Fsp3) is 0.800. The van der Waals surface area contributed by atoms with Gasteiger partial charge in [0.25, 0.3) is 0 Å². The Hall–Kier alpha value is -0.570. The zero-order chi connectivity index (χ0) is 6.15. The van der Waals surface area contributed by atoms with Crippen LogP contribution in [0.15, 0.2) is 0 Å². The van der Waals surface area contributed by atoms with Crippen LogP contribution in [0.25, 0.3) is 0 Å². The van der Waals surface area contributed by atoms with E-state index >= 15 is 0 Å². The number of rotatable bonds is 0. The number of nitrogens with two attached hydrogens (primary N) is 1. The molecule has 2 N–H and O–H groups in total. The lowest BCUT2D eigenvalue weighted by molar-refractivity contribution is -0.127. The van der Waals surface area contributed by atoms with Crippen LogP contribution < -0.4 is 5.73 Å². The smallest absolute Gasteiger partial charge is 0.239 e. The predicted molar refractivity (Wildman–Crippen MR) is 30.2 cm³/mol. The highest BCUT2D eigenvalue weighted by Crippen LogP contribution is 2.04. The van der Waals surface area contributed by atoms with Gasteiger partial charge in [0.05, 0.1) is 6.04 Å². The van der Waals surface area contributed by atoms with Crippen LogP contribution in [0.3, 0.4) is 0 Å². The molecule has 46 valence electrons. The summed E-state index contributed by atoms with van der Waals surface area (Å²) < 4.78 is 0. The quantitative estimate of drug-likeness (QED) is 0.447. The van der Waals surface area contributed by atoms with Crippen molar-refractivity contribution in [2.75, 3.05) is 13.6 Å². The first-order valence-electron chi connectivity index (χ1n) is 2.72. The lowest BCUT2D eigenvalue weighted by atomic mass is 10.3. The molecule has 1 fully saturated rings. The average Bonchev–Trinajstić information content (AvgIpc) is 1.98. The van der Waals surface area contributed by atoms with Gasteiger partial charge < -0.3 is 10.6 Å². The van der Waals surface area contributed by atoms with E-state index in [1.807, 2.05) is 0 Å². The molecule has 0 saturated carbocycles. The van der Waals surface area contributed by atoms with Crippen LogP contribution in [0.1, 0.15) is 6.42 Å². The van der Waals surface area contributed by atoms with E-state index in [9.17, 15) is 4.79 Å². The Morgan fingerprint density at radius 3 is 2.62 bits per heavy atom. The highest BCUT2D eigenvalue weighted by molar-refractivity contribution is 5.83. The third-order valence-corrected chi connectivity index (χ3v) is 1.47. The van der Waals surface area contributed by atoms with E-state index in [-0.39, 0.29) is 11.9 Å². The Morgan fingerprint density at radius 2 is 2.50 bits per heavy atom. The van der Waals surface area contributed by atoms with Crippen LogP contribution in [-0.2, 0) is 4.79 Å². The summed E-state index contributed by atoms with van der Waals surface area (Å²) >= 11 is 0. The zero-order valence-corrected chi connectivity index (χ0v) is 4.92. The molecule has 3 nitrogen and oxygen atoms in total. The molecule has 0 unspecified atom stereocenters. The number of hydrogen-bond donors (Lipinski definition) is 1. The van der Waals surface area contributed by atoms with Gasteiger partial charge in [-0.25, -0.2) is 0 Å². The van der Waals surface area contributed by atoms with Gasteiger partial charge in [0, 0.05) is 13.6 Å². The number of nitrogens with zero attached hydrogens (tertiary/aromatic N) is 1. The molecule has 0 aromatic rings. The molecule has 1 aliphatic rings. The van der Waals surface area contributed by atoms with Crippen molar-refractivity contribution >= 4 is 5.91 Å². The van der Waals surface area contributed by atoms with Crippen molar-refractivity contribution in [3.63, 3.8) is 0 Å². The molecule has 1 aliphatic heterocycles. The Balaban J connectivity index is 2.57. The summed E-state index contributed by atoms with van der Waals surface area (Å²) in [6.45, 7) is 0.819. The van der Waals surface area contributed by atoms with Gasteiger partial charge in [0.2, 0.25) is 5.91 Å². The topological polar surface area (TPSA) is 46.3 Å². The first-order valence-corrected chi connectivity index (χ1v) is 2.72. The molecule has 3 heteroatoms. The van der Waals surface area contributed by atoms with Crippen LogP contribution >= 0.6 is 0 Å². The molecule has 0 bridgehead atoms. The Morgan fingerprint density at radius 1 is 1.88 bits per heavy atom. The average molecular weight is 114 g/mol. The summed E-state index contributed by atoms with van der Waals surface area (Å²) in [4.78, 5) is 12.4. The van der Waals surface area contributed by atoms with Gasteiger partial charge in [0.1, 0.15) is 0 Å². The molecule has 0 aliphatic carbocycles. The normalized spacial score (nSPS) is 29.5. The molecule has 1 heterocycles. The summed E-state index contributed by atoms with van der Waals surface area (Å²) in [6.07, 6.45) is 0.815. The van der Waals surface area contributed by atoms with E-state index in [0.29, 0.717) is 0 Å². The molecule has 1 amide bonds. The summed E-state index contributed by atoms with van der Waals surface area (Å²) in [5.74, 6) is 0.0741. The monoisotopic (exact) mass is 114 g/mol. The summed E-state index contributed by atoms with van der Waals surface area (Å²) in [5, 5.41) is 0. The molecule has 0 spiro atoms.